The number of piperidine rings is 1. The summed E-state index contributed by atoms with van der Waals surface area (Å²) in [6.45, 7) is 3.21. The second kappa shape index (κ2) is 7.03. The van der Waals surface area contributed by atoms with Crippen molar-refractivity contribution >= 4 is 37.5 Å². The zero-order chi connectivity index (χ0) is 21.2. The molecular formula is C21H22BrN3O4S. The molecule has 4 heterocycles. The van der Waals surface area contributed by atoms with E-state index in [1.807, 2.05) is 12.1 Å². The lowest BCUT2D eigenvalue weighted by molar-refractivity contribution is -0.116. The second-order valence-electron chi connectivity index (χ2n) is 8.35. The molecule has 2 aromatic rings. The van der Waals surface area contributed by atoms with Crippen LogP contribution in [0.1, 0.15) is 30.5 Å². The monoisotopic (exact) mass is 491 g/mol. The molecule has 1 aromatic carbocycles. The van der Waals surface area contributed by atoms with Crippen LogP contribution in [0.2, 0.25) is 0 Å². The van der Waals surface area contributed by atoms with Crippen LogP contribution < -0.4 is 10.5 Å². The number of rotatable bonds is 2. The quantitative estimate of drug-likeness (QED) is 0.645. The predicted octanol–water partition coefficient (Wildman–Crippen LogP) is 2.33. The Morgan fingerprint density at radius 3 is 2.73 bits per heavy atom. The number of hydrogen-bond acceptors (Lipinski definition) is 4. The highest BCUT2D eigenvalue weighted by Gasteiger charge is 2.41. The maximum absolute atomic E-state index is 13.8. The Bertz CT molecular complexity index is 1220. The first-order valence-corrected chi connectivity index (χ1v) is 12.3. The van der Waals surface area contributed by atoms with Gasteiger partial charge in [-0.2, -0.15) is 4.31 Å². The fraction of sp³-hybridized carbons (Fsp3) is 0.429. The number of aromatic nitrogens is 1. The summed E-state index contributed by atoms with van der Waals surface area (Å²) in [7, 11) is -3.81. The summed E-state index contributed by atoms with van der Waals surface area (Å²) < 4.78 is 31.6. The molecule has 1 saturated heterocycles. The van der Waals surface area contributed by atoms with Gasteiger partial charge in [-0.15, -0.1) is 0 Å². The molecule has 3 aliphatic rings. The minimum Gasteiger partial charge on any atom is -0.312 e. The molecular weight excluding hydrogens is 470 g/mol. The van der Waals surface area contributed by atoms with Crippen molar-refractivity contribution in [2.45, 2.75) is 37.1 Å². The van der Waals surface area contributed by atoms with E-state index in [1.165, 1.54) is 6.92 Å². The number of pyridine rings is 1. The number of fused-ring (bicyclic) bond motifs is 5. The van der Waals surface area contributed by atoms with E-state index in [1.54, 1.807) is 32.0 Å². The smallest absolute Gasteiger partial charge is 0.250 e. The van der Waals surface area contributed by atoms with Crippen LogP contribution in [0, 0.1) is 5.92 Å². The Labute approximate surface area is 183 Å². The summed E-state index contributed by atoms with van der Waals surface area (Å²) in [6, 6.07) is 8.73. The molecule has 158 valence electrons. The van der Waals surface area contributed by atoms with Gasteiger partial charge in [-0.05, 0) is 42.5 Å². The van der Waals surface area contributed by atoms with Gasteiger partial charge in [-0.25, -0.2) is 8.42 Å². The molecule has 0 radical (unpaired) electrons. The van der Waals surface area contributed by atoms with Gasteiger partial charge in [0, 0.05) is 55.3 Å². The summed E-state index contributed by atoms with van der Waals surface area (Å²) in [5.74, 6) is -0.0724. The number of anilines is 1. The third-order valence-corrected chi connectivity index (χ3v) is 8.74. The molecule has 9 heteroatoms. The van der Waals surface area contributed by atoms with Gasteiger partial charge in [0.05, 0.1) is 5.69 Å². The SMILES string of the molecule is CC(=O)N1CCc2cc(Br)cc(S(=O)(=O)N3CC4CC(C3)c3cccc(=O)n3C4)c21. The van der Waals surface area contributed by atoms with Crippen LogP contribution >= 0.6 is 15.9 Å². The van der Waals surface area contributed by atoms with Crippen molar-refractivity contribution in [2.24, 2.45) is 5.92 Å². The van der Waals surface area contributed by atoms with Crippen LogP contribution in [0.4, 0.5) is 5.69 Å². The molecule has 0 saturated carbocycles. The van der Waals surface area contributed by atoms with Gasteiger partial charge < -0.3 is 9.47 Å². The van der Waals surface area contributed by atoms with Crippen molar-refractivity contribution in [3.8, 4) is 0 Å². The van der Waals surface area contributed by atoms with Gasteiger partial charge in [-0.1, -0.05) is 22.0 Å². The Morgan fingerprint density at radius 1 is 1.17 bits per heavy atom. The molecule has 7 nitrogen and oxygen atoms in total. The molecule has 1 fully saturated rings. The van der Waals surface area contributed by atoms with Crippen molar-refractivity contribution in [1.82, 2.24) is 8.87 Å². The Morgan fingerprint density at radius 2 is 1.97 bits per heavy atom. The first-order valence-electron chi connectivity index (χ1n) is 10.1. The number of hydrogen-bond donors (Lipinski definition) is 0. The fourth-order valence-corrected chi connectivity index (χ4v) is 7.65. The highest BCUT2D eigenvalue weighted by molar-refractivity contribution is 9.10. The number of amides is 1. The van der Waals surface area contributed by atoms with E-state index in [0.29, 0.717) is 42.8 Å². The molecule has 0 N–H and O–H groups in total. The van der Waals surface area contributed by atoms with E-state index >= 15 is 0 Å². The van der Waals surface area contributed by atoms with Gasteiger partial charge >= 0.3 is 0 Å². The number of nitrogens with zero attached hydrogens (tertiary/aromatic N) is 3. The average molecular weight is 492 g/mol. The number of carbonyl (C=O) groups is 1. The third kappa shape index (κ3) is 3.06. The molecule has 2 bridgehead atoms. The van der Waals surface area contributed by atoms with Crippen LogP contribution in [0.5, 0.6) is 0 Å². The number of carbonyl (C=O) groups excluding carboxylic acids is 1. The van der Waals surface area contributed by atoms with Crippen molar-refractivity contribution in [1.29, 1.82) is 0 Å². The Hall–Kier alpha value is -1.97. The topological polar surface area (TPSA) is 79.7 Å². The molecule has 1 aromatic heterocycles. The van der Waals surface area contributed by atoms with Crippen LogP contribution in [0.25, 0.3) is 0 Å². The molecule has 2 atom stereocenters. The van der Waals surface area contributed by atoms with E-state index in [9.17, 15) is 18.0 Å². The molecule has 0 spiro atoms. The van der Waals surface area contributed by atoms with Gasteiger partial charge in [-0.3, -0.25) is 9.59 Å². The van der Waals surface area contributed by atoms with E-state index in [4.69, 9.17) is 0 Å². The standard InChI is InChI=1S/C21H22BrN3O4S/c1-13(26)24-6-5-15-8-17(22)9-19(21(15)24)30(28,29)23-10-14-7-16(12-23)18-3-2-4-20(27)25(18)11-14/h2-4,8-9,14,16H,5-7,10-12H2,1H3. The molecule has 3 aliphatic heterocycles. The lowest BCUT2D eigenvalue weighted by Crippen LogP contribution is -2.49. The van der Waals surface area contributed by atoms with Crippen molar-refractivity contribution in [3.05, 3.63) is 56.4 Å². The predicted molar refractivity (Wildman–Crippen MR) is 116 cm³/mol. The zero-order valence-electron chi connectivity index (χ0n) is 16.5. The van der Waals surface area contributed by atoms with E-state index in [-0.39, 0.29) is 28.2 Å². The van der Waals surface area contributed by atoms with Crippen LogP contribution in [-0.2, 0) is 27.8 Å². The summed E-state index contributed by atoms with van der Waals surface area (Å²) in [6.07, 6.45) is 1.52. The summed E-state index contributed by atoms with van der Waals surface area (Å²) in [4.78, 5) is 26.1. The molecule has 5 rings (SSSR count). The average Bonchev–Trinajstić information content (AvgIpc) is 3.12. The lowest BCUT2D eigenvalue weighted by atomic mass is 9.84. The third-order valence-electron chi connectivity index (χ3n) is 6.44. The number of sulfonamides is 1. The highest BCUT2D eigenvalue weighted by Crippen LogP contribution is 2.42. The second-order valence-corrected chi connectivity index (χ2v) is 11.2. The van der Waals surface area contributed by atoms with Gasteiger partial charge in [0.15, 0.2) is 0 Å². The lowest BCUT2D eigenvalue weighted by Gasteiger charge is -2.42. The normalized spacial score (nSPS) is 23.2. The fourth-order valence-electron chi connectivity index (χ4n) is 5.17. The zero-order valence-corrected chi connectivity index (χ0v) is 18.9. The van der Waals surface area contributed by atoms with E-state index in [0.717, 1.165) is 17.7 Å². The molecule has 2 unspecified atom stereocenters. The summed E-state index contributed by atoms with van der Waals surface area (Å²) >= 11 is 3.44. The highest BCUT2D eigenvalue weighted by atomic mass is 79.9. The van der Waals surface area contributed by atoms with Gasteiger partial charge in [0.25, 0.3) is 5.56 Å². The van der Waals surface area contributed by atoms with Gasteiger partial charge in [0.1, 0.15) is 4.90 Å². The number of benzene rings is 1. The van der Waals surface area contributed by atoms with Crippen LogP contribution in [0.3, 0.4) is 0 Å². The maximum atomic E-state index is 13.8. The minimum atomic E-state index is -3.81. The molecule has 1 amide bonds. The summed E-state index contributed by atoms with van der Waals surface area (Å²) in [5, 5.41) is 0. The number of halogens is 1. The first kappa shape index (κ1) is 20.0. The van der Waals surface area contributed by atoms with Crippen molar-refractivity contribution in [2.75, 3.05) is 24.5 Å². The van der Waals surface area contributed by atoms with Crippen LogP contribution in [0.15, 0.2) is 44.5 Å². The first-order chi connectivity index (χ1) is 14.3. The summed E-state index contributed by atoms with van der Waals surface area (Å²) in [5.41, 5.74) is 2.26. The minimum absolute atomic E-state index is 0.00899. The van der Waals surface area contributed by atoms with Crippen molar-refractivity contribution < 1.29 is 13.2 Å². The van der Waals surface area contributed by atoms with Gasteiger partial charge in [0.2, 0.25) is 15.9 Å². The van der Waals surface area contributed by atoms with E-state index < -0.39 is 10.0 Å². The molecule has 0 aliphatic carbocycles. The molecule has 30 heavy (non-hydrogen) atoms. The Balaban J connectivity index is 1.57. The largest absolute Gasteiger partial charge is 0.312 e. The Kier molecular flexibility index (Phi) is 4.68. The van der Waals surface area contributed by atoms with E-state index in [2.05, 4.69) is 15.9 Å². The maximum Gasteiger partial charge on any atom is 0.250 e. The van der Waals surface area contributed by atoms with Crippen molar-refractivity contribution in [3.63, 3.8) is 0 Å². The van der Waals surface area contributed by atoms with Crippen LogP contribution in [-0.4, -0.2) is 42.8 Å².